The van der Waals surface area contributed by atoms with E-state index in [-0.39, 0.29) is 0 Å². The van der Waals surface area contributed by atoms with Crippen LogP contribution in [0.15, 0.2) is 22.7 Å². The van der Waals surface area contributed by atoms with Gasteiger partial charge in [-0.05, 0) is 49.8 Å². The van der Waals surface area contributed by atoms with E-state index in [4.69, 9.17) is 15.0 Å². The predicted molar refractivity (Wildman–Crippen MR) is 74.0 cm³/mol. The molecule has 1 aromatic carbocycles. The van der Waals surface area contributed by atoms with Gasteiger partial charge in [-0.25, -0.2) is 0 Å². The fourth-order valence-electron chi connectivity index (χ4n) is 2.24. The molecule has 0 unspecified atom stereocenters. The largest absolute Gasteiger partial charge is 0.492 e. The molecule has 1 saturated carbocycles. The molecule has 2 N–H and O–H groups in total. The van der Waals surface area contributed by atoms with Crippen LogP contribution in [0.5, 0.6) is 5.75 Å². The minimum Gasteiger partial charge on any atom is -0.492 e. The zero-order chi connectivity index (χ0) is 13.4. The monoisotopic (exact) mass is 258 g/mol. The highest BCUT2D eigenvalue weighted by Gasteiger charge is 2.23. The molecule has 19 heavy (non-hydrogen) atoms. The Hall–Kier alpha value is -1.97. The SMILES string of the molecule is Cc1cc(C)c(OCC2CC2)c(-c2cc(N)on2)c1. The lowest BCUT2D eigenvalue weighted by Gasteiger charge is -2.13. The predicted octanol–water partition coefficient (Wildman–Crippen LogP) is 3.33. The van der Waals surface area contributed by atoms with Crippen LogP contribution in [0, 0.1) is 19.8 Å². The molecule has 0 amide bonds. The standard InChI is InChI=1S/C15H18N2O2/c1-9-5-10(2)15(18-8-11-3-4-11)12(6-9)13-7-14(16)19-17-13/h5-7,11H,3-4,8,16H2,1-2H3. The maximum Gasteiger partial charge on any atom is 0.222 e. The number of benzene rings is 1. The topological polar surface area (TPSA) is 61.3 Å². The maximum atomic E-state index is 5.99. The highest BCUT2D eigenvalue weighted by Crippen LogP contribution is 2.36. The van der Waals surface area contributed by atoms with Crippen molar-refractivity contribution in [2.75, 3.05) is 12.3 Å². The number of hydrogen-bond acceptors (Lipinski definition) is 4. The van der Waals surface area contributed by atoms with Gasteiger partial charge in [-0.2, -0.15) is 0 Å². The summed E-state index contributed by atoms with van der Waals surface area (Å²) in [6, 6.07) is 5.92. The third-order valence-corrected chi connectivity index (χ3v) is 3.38. The Morgan fingerprint density at radius 3 is 2.74 bits per heavy atom. The third-order valence-electron chi connectivity index (χ3n) is 3.38. The number of nitrogens with two attached hydrogens (primary N) is 1. The van der Waals surface area contributed by atoms with E-state index >= 15 is 0 Å². The van der Waals surface area contributed by atoms with Crippen molar-refractivity contribution < 1.29 is 9.26 Å². The summed E-state index contributed by atoms with van der Waals surface area (Å²) in [6.07, 6.45) is 2.55. The van der Waals surface area contributed by atoms with Gasteiger partial charge in [-0.1, -0.05) is 11.2 Å². The van der Waals surface area contributed by atoms with Crippen LogP contribution in [0.1, 0.15) is 24.0 Å². The number of anilines is 1. The van der Waals surface area contributed by atoms with Crippen LogP contribution < -0.4 is 10.5 Å². The van der Waals surface area contributed by atoms with Crippen molar-refractivity contribution in [2.45, 2.75) is 26.7 Å². The average Bonchev–Trinajstić information content (AvgIpc) is 3.08. The Kier molecular flexibility index (Phi) is 2.93. The molecule has 0 radical (unpaired) electrons. The number of aromatic nitrogens is 1. The maximum absolute atomic E-state index is 5.99. The van der Waals surface area contributed by atoms with E-state index in [0.717, 1.165) is 35.1 Å². The van der Waals surface area contributed by atoms with E-state index in [1.54, 1.807) is 6.07 Å². The third kappa shape index (κ3) is 2.57. The van der Waals surface area contributed by atoms with Crippen LogP contribution in [0.3, 0.4) is 0 Å². The van der Waals surface area contributed by atoms with Gasteiger partial charge in [-0.3, -0.25) is 0 Å². The average molecular weight is 258 g/mol. The summed E-state index contributed by atoms with van der Waals surface area (Å²) in [5.74, 6) is 1.93. The molecular weight excluding hydrogens is 240 g/mol. The van der Waals surface area contributed by atoms with Crippen LogP contribution >= 0.6 is 0 Å². The Labute approximate surface area is 112 Å². The van der Waals surface area contributed by atoms with Crippen LogP contribution in [0.25, 0.3) is 11.3 Å². The van der Waals surface area contributed by atoms with Crippen molar-refractivity contribution in [3.8, 4) is 17.0 Å². The van der Waals surface area contributed by atoms with Gasteiger partial charge in [0.15, 0.2) is 0 Å². The summed E-state index contributed by atoms with van der Waals surface area (Å²) < 4.78 is 11.0. The quantitative estimate of drug-likeness (QED) is 0.913. The minimum absolute atomic E-state index is 0.322. The molecule has 4 nitrogen and oxygen atoms in total. The number of aryl methyl sites for hydroxylation is 2. The molecule has 4 heteroatoms. The van der Waals surface area contributed by atoms with Crippen molar-refractivity contribution in [3.05, 3.63) is 29.3 Å². The molecule has 2 aromatic rings. The lowest BCUT2D eigenvalue weighted by molar-refractivity contribution is 0.298. The fraction of sp³-hybridized carbons (Fsp3) is 0.400. The molecular formula is C15H18N2O2. The lowest BCUT2D eigenvalue weighted by atomic mass is 10.0. The van der Waals surface area contributed by atoms with Gasteiger partial charge in [0.2, 0.25) is 5.88 Å². The van der Waals surface area contributed by atoms with E-state index in [0.29, 0.717) is 5.88 Å². The van der Waals surface area contributed by atoms with Gasteiger partial charge in [-0.15, -0.1) is 0 Å². The van der Waals surface area contributed by atoms with Gasteiger partial charge in [0, 0.05) is 11.6 Å². The first-order valence-corrected chi connectivity index (χ1v) is 6.60. The number of rotatable bonds is 4. The summed E-state index contributed by atoms with van der Waals surface area (Å²) in [7, 11) is 0. The first-order valence-electron chi connectivity index (χ1n) is 6.60. The highest BCUT2D eigenvalue weighted by atomic mass is 16.5. The Bertz CT molecular complexity index is 600. The minimum atomic E-state index is 0.322. The lowest BCUT2D eigenvalue weighted by Crippen LogP contribution is -2.02. The van der Waals surface area contributed by atoms with E-state index in [1.807, 2.05) is 0 Å². The summed E-state index contributed by atoms with van der Waals surface area (Å²) in [5.41, 5.74) is 9.59. The zero-order valence-corrected chi connectivity index (χ0v) is 11.3. The summed E-state index contributed by atoms with van der Waals surface area (Å²) >= 11 is 0. The van der Waals surface area contributed by atoms with Crippen molar-refractivity contribution in [2.24, 2.45) is 5.92 Å². The number of ether oxygens (including phenoxy) is 1. The van der Waals surface area contributed by atoms with E-state index in [2.05, 4.69) is 31.1 Å². The number of nitrogen functional groups attached to an aromatic ring is 1. The first-order chi connectivity index (χ1) is 9.13. The zero-order valence-electron chi connectivity index (χ0n) is 11.3. The summed E-state index contributed by atoms with van der Waals surface area (Å²) in [5, 5.41) is 3.99. The molecule has 1 aromatic heterocycles. The van der Waals surface area contributed by atoms with Crippen molar-refractivity contribution in [3.63, 3.8) is 0 Å². The van der Waals surface area contributed by atoms with E-state index in [9.17, 15) is 0 Å². The van der Waals surface area contributed by atoms with Gasteiger partial charge in [0.05, 0.1) is 6.61 Å². The Morgan fingerprint density at radius 1 is 1.32 bits per heavy atom. The van der Waals surface area contributed by atoms with Crippen LogP contribution in [0.2, 0.25) is 0 Å². The summed E-state index contributed by atoms with van der Waals surface area (Å²) in [6.45, 7) is 4.90. The second-order valence-electron chi connectivity index (χ2n) is 5.33. The van der Waals surface area contributed by atoms with Crippen LogP contribution in [0.4, 0.5) is 5.88 Å². The van der Waals surface area contributed by atoms with Crippen molar-refractivity contribution in [1.82, 2.24) is 5.16 Å². The molecule has 3 rings (SSSR count). The van der Waals surface area contributed by atoms with Crippen molar-refractivity contribution >= 4 is 5.88 Å². The van der Waals surface area contributed by atoms with Crippen LogP contribution in [-0.4, -0.2) is 11.8 Å². The van der Waals surface area contributed by atoms with E-state index < -0.39 is 0 Å². The number of nitrogens with zero attached hydrogens (tertiary/aromatic N) is 1. The Balaban J connectivity index is 1.99. The molecule has 100 valence electrons. The van der Waals surface area contributed by atoms with Gasteiger partial charge < -0.3 is 15.0 Å². The van der Waals surface area contributed by atoms with Gasteiger partial charge in [0.1, 0.15) is 11.4 Å². The van der Waals surface area contributed by atoms with Crippen LogP contribution in [-0.2, 0) is 0 Å². The molecule has 1 aliphatic rings. The first kappa shape index (κ1) is 12.1. The second kappa shape index (κ2) is 4.61. The molecule has 0 saturated heterocycles. The molecule has 0 bridgehead atoms. The molecule has 0 spiro atoms. The number of hydrogen-bond donors (Lipinski definition) is 1. The summed E-state index contributed by atoms with van der Waals surface area (Å²) in [4.78, 5) is 0. The highest BCUT2D eigenvalue weighted by molar-refractivity contribution is 5.71. The van der Waals surface area contributed by atoms with Gasteiger partial charge in [0.25, 0.3) is 0 Å². The molecule has 1 aliphatic carbocycles. The van der Waals surface area contributed by atoms with Crippen molar-refractivity contribution in [1.29, 1.82) is 0 Å². The fourth-order valence-corrected chi connectivity index (χ4v) is 2.24. The normalized spacial score (nSPS) is 14.6. The smallest absolute Gasteiger partial charge is 0.222 e. The molecule has 0 aliphatic heterocycles. The Morgan fingerprint density at radius 2 is 2.11 bits per heavy atom. The second-order valence-corrected chi connectivity index (χ2v) is 5.33. The molecule has 0 atom stereocenters. The van der Waals surface area contributed by atoms with E-state index in [1.165, 1.54) is 18.4 Å². The molecule has 1 heterocycles. The molecule has 1 fully saturated rings. The van der Waals surface area contributed by atoms with Gasteiger partial charge >= 0.3 is 0 Å².